The summed E-state index contributed by atoms with van der Waals surface area (Å²) >= 11 is 0. The van der Waals surface area contributed by atoms with Crippen molar-refractivity contribution in [3.05, 3.63) is 40.7 Å². The van der Waals surface area contributed by atoms with Gasteiger partial charge in [0.05, 0.1) is 22.1 Å². The number of aliphatic carboxylic acids is 1. The van der Waals surface area contributed by atoms with Crippen LogP contribution in [-0.4, -0.2) is 40.2 Å². The first kappa shape index (κ1) is 16.9. The van der Waals surface area contributed by atoms with E-state index in [0.717, 1.165) is 0 Å². The van der Waals surface area contributed by atoms with E-state index < -0.39 is 35.4 Å². The number of alkyl halides is 3. The van der Waals surface area contributed by atoms with E-state index >= 15 is 0 Å². The van der Waals surface area contributed by atoms with Crippen LogP contribution in [0.15, 0.2) is 30.6 Å². The maximum atomic E-state index is 13.2. The zero-order valence-electron chi connectivity index (χ0n) is 12.6. The number of pyridine rings is 1. The predicted molar refractivity (Wildman–Crippen MR) is 81.3 cm³/mol. The molecular formula is C15H12F3N3O4. The van der Waals surface area contributed by atoms with Crippen molar-refractivity contribution in [3.63, 3.8) is 0 Å². The van der Waals surface area contributed by atoms with Crippen LogP contribution in [0, 0.1) is 22.0 Å². The summed E-state index contributed by atoms with van der Waals surface area (Å²) in [7, 11) is 0. The normalized spacial score (nSPS) is 20.8. The van der Waals surface area contributed by atoms with Gasteiger partial charge in [-0.15, -0.1) is 0 Å². The molecule has 0 radical (unpaired) electrons. The van der Waals surface area contributed by atoms with Crippen molar-refractivity contribution < 1.29 is 28.0 Å². The highest BCUT2D eigenvalue weighted by Gasteiger charge is 2.52. The second kappa shape index (κ2) is 5.87. The third-order valence-corrected chi connectivity index (χ3v) is 4.37. The molecule has 3 rings (SSSR count). The topological polar surface area (TPSA) is 96.6 Å². The number of non-ortho nitro benzene ring substituents is 1. The fraction of sp³-hybridized carbons (Fsp3) is 0.333. The molecule has 2 aromatic rings. The Hall–Kier alpha value is -2.91. The molecule has 10 heteroatoms. The first-order valence-electron chi connectivity index (χ1n) is 7.25. The van der Waals surface area contributed by atoms with Gasteiger partial charge < -0.3 is 10.0 Å². The minimum atomic E-state index is -4.64. The first-order valence-corrected chi connectivity index (χ1v) is 7.25. The number of carboxylic acid groups (broad SMARTS) is 1. The van der Waals surface area contributed by atoms with Crippen LogP contribution in [0.1, 0.15) is 0 Å². The molecule has 1 fully saturated rings. The molecule has 1 aromatic heterocycles. The lowest BCUT2D eigenvalue weighted by molar-refractivity contribution is -0.383. The van der Waals surface area contributed by atoms with E-state index in [1.54, 1.807) is 0 Å². The summed E-state index contributed by atoms with van der Waals surface area (Å²) in [6, 6.07) is 4.00. The van der Waals surface area contributed by atoms with E-state index in [0.29, 0.717) is 11.1 Å². The van der Waals surface area contributed by atoms with Crippen molar-refractivity contribution in [3.8, 4) is 0 Å². The van der Waals surface area contributed by atoms with Crippen LogP contribution in [0.3, 0.4) is 0 Å². The smallest absolute Gasteiger partial charge is 0.394 e. The van der Waals surface area contributed by atoms with E-state index in [-0.39, 0.29) is 17.6 Å². The third kappa shape index (κ3) is 2.94. The highest BCUT2D eigenvalue weighted by Crippen LogP contribution is 2.42. The summed E-state index contributed by atoms with van der Waals surface area (Å²) < 4.78 is 39.5. The lowest BCUT2D eigenvalue weighted by Crippen LogP contribution is -2.33. The Morgan fingerprint density at radius 3 is 2.56 bits per heavy atom. The third-order valence-electron chi connectivity index (χ3n) is 4.37. The average Bonchev–Trinajstić information content (AvgIpc) is 2.99. The molecule has 1 saturated heterocycles. The maximum absolute atomic E-state index is 13.2. The van der Waals surface area contributed by atoms with Gasteiger partial charge in [0.1, 0.15) is 0 Å². The summed E-state index contributed by atoms with van der Waals surface area (Å²) in [5.74, 6) is -5.11. The van der Waals surface area contributed by atoms with Gasteiger partial charge >= 0.3 is 12.1 Å². The number of aromatic nitrogens is 1. The Balaban J connectivity index is 2.07. The molecule has 0 bridgehead atoms. The molecule has 1 aromatic carbocycles. The van der Waals surface area contributed by atoms with Gasteiger partial charge in [-0.3, -0.25) is 19.9 Å². The molecule has 132 valence electrons. The molecule has 0 saturated carbocycles. The Morgan fingerprint density at radius 1 is 1.28 bits per heavy atom. The zero-order chi connectivity index (χ0) is 18.4. The van der Waals surface area contributed by atoms with E-state index in [9.17, 15) is 28.1 Å². The van der Waals surface area contributed by atoms with Gasteiger partial charge in [-0.05, 0) is 12.1 Å². The van der Waals surface area contributed by atoms with Crippen LogP contribution in [0.5, 0.6) is 0 Å². The van der Waals surface area contributed by atoms with Crippen molar-refractivity contribution in [1.82, 2.24) is 4.98 Å². The van der Waals surface area contributed by atoms with Gasteiger partial charge in [-0.2, -0.15) is 13.2 Å². The quantitative estimate of drug-likeness (QED) is 0.672. The second-order valence-corrected chi connectivity index (χ2v) is 5.78. The number of hydrogen-bond acceptors (Lipinski definition) is 5. The highest BCUT2D eigenvalue weighted by molar-refractivity contribution is 5.99. The summed E-state index contributed by atoms with van der Waals surface area (Å²) in [6.07, 6.45) is -2.00. The largest absolute Gasteiger partial charge is 0.481 e. The fourth-order valence-corrected chi connectivity index (χ4v) is 3.18. The summed E-state index contributed by atoms with van der Waals surface area (Å²) in [4.78, 5) is 26.9. The molecule has 0 aliphatic carbocycles. The first-order chi connectivity index (χ1) is 11.7. The van der Waals surface area contributed by atoms with Crippen molar-refractivity contribution in [2.24, 2.45) is 11.8 Å². The number of carboxylic acids is 1. The second-order valence-electron chi connectivity index (χ2n) is 5.78. The minimum absolute atomic E-state index is 0.187. The lowest BCUT2D eigenvalue weighted by Gasteiger charge is -2.21. The van der Waals surface area contributed by atoms with Crippen molar-refractivity contribution in [1.29, 1.82) is 0 Å². The Kier molecular flexibility index (Phi) is 3.97. The van der Waals surface area contributed by atoms with Crippen LogP contribution in [0.2, 0.25) is 0 Å². The van der Waals surface area contributed by atoms with Crippen LogP contribution in [0.4, 0.5) is 24.5 Å². The number of nitrogens with zero attached hydrogens (tertiary/aromatic N) is 3. The number of nitro groups is 1. The van der Waals surface area contributed by atoms with Gasteiger partial charge in [0.2, 0.25) is 0 Å². The van der Waals surface area contributed by atoms with Crippen molar-refractivity contribution >= 4 is 28.1 Å². The Bertz CT molecular complexity index is 856. The Morgan fingerprint density at radius 2 is 2.00 bits per heavy atom. The lowest BCUT2D eigenvalue weighted by atomic mass is 9.96. The summed E-state index contributed by atoms with van der Waals surface area (Å²) in [5.41, 5.74) is 0.106. The van der Waals surface area contributed by atoms with E-state index in [1.165, 1.54) is 35.5 Å². The summed E-state index contributed by atoms with van der Waals surface area (Å²) in [6.45, 7) is -0.843. The number of nitro benzene ring substituents is 1. The predicted octanol–water partition coefficient (Wildman–Crippen LogP) is 2.84. The molecule has 2 atom stereocenters. The average molecular weight is 355 g/mol. The number of anilines is 1. The van der Waals surface area contributed by atoms with Crippen molar-refractivity contribution in [2.75, 3.05) is 18.0 Å². The number of benzene rings is 1. The molecule has 1 N–H and O–H groups in total. The molecule has 1 aliphatic rings. The molecule has 2 heterocycles. The van der Waals surface area contributed by atoms with E-state index in [4.69, 9.17) is 5.11 Å². The molecule has 25 heavy (non-hydrogen) atoms. The molecular weight excluding hydrogens is 343 g/mol. The fourth-order valence-electron chi connectivity index (χ4n) is 3.18. The number of hydrogen-bond donors (Lipinski definition) is 1. The standard InChI is InChI=1S/C15H12F3N3O4/c16-15(17,18)11-7-20(6-10(11)14(22)23)12-1-2-13(21(24)25)9-5-19-4-3-8(9)12/h1-5,10-11H,6-7H2,(H,22,23)/t10-,11-/m1/s1. The number of carbonyl (C=O) groups is 1. The van der Waals surface area contributed by atoms with E-state index in [2.05, 4.69) is 4.98 Å². The molecule has 0 spiro atoms. The zero-order valence-corrected chi connectivity index (χ0v) is 12.6. The van der Waals surface area contributed by atoms with Gasteiger partial charge in [0, 0.05) is 42.6 Å². The molecule has 0 unspecified atom stereocenters. The van der Waals surface area contributed by atoms with Crippen LogP contribution < -0.4 is 4.90 Å². The SMILES string of the molecule is O=C(O)[C@@H]1CN(c2ccc([N+](=O)[O-])c3cnccc23)C[C@H]1C(F)(F)F. The van der Waals surface area contributed by atoms with Gasteiger partial charge in [-0.1, -0.05) is 0 Å². The van der Waals surface area contributed by atoms with Crippen LogP contribution in [0.25, 0.3) is 10.8 Å². The van der Waals surface area contributed by atoms with Crippen LogP contribution >= 0.6 is 0 Å². The molecule has 0 amide bonds. The molecule has 1 aliphatic heterocycles. The summed E-state index contributed by atoms with van der Waals surface area (Å²) in [5, 5.41) is 20.8. The number of halogens is 3. The van der Waals surface area contributed by atoms with Gasteiger partial charge in [0.15, 0.2) is 0 Å². The number of rotatable bonds is 3. The monoisotopic (exact) mass is 355 g/mol. The Labute approximate surface area is 138 Å². The number of fused-ring (bicyclic) bond motifs is 1. The highest BCUT2D eigenvalue weighted by atomic mass is 19.4. The van der Waals surface area contributed by atoms with Crippen LogP contribution in [-0.2, 0) is 4.79 Å². The van der Waals surface area contributed by atoms with Gasteiger partial charge in [0.25, 0.3) is 5.69 Å². The van der Waals surface area contributed by atoms with E-state index in [1.807, 2.05) is 0 Å². The maximum Gasteiger partial charge on any atom is 0.394 e. The van der Waals surface area contributed by atoms with Gasteiger partial charge in [-0.25, -0.2) is 0 Å². The van der Waals surface area contributed by atoms with Crippen molar-refractivity contribution in [2.45, 2.75) is 6.18 Å². The molecule has 7 nitrogen and oxygen atoms in total. The minimum Gasteiger partial charge on any atom is -0.481 e.